The zero-order chi connectivity index (χ0) is 20.3. The van der Waals surface area contributed by atoms with Gasteiger partial charge in [-0.25, -0.2) is 0 Å². The summed E-state index contributed by atoms with van der Waals surface area (Å²) in [5.74, 6) is 1.48. The Bertz CT molecular complexity index is 1000. The van der Waals surface area contributed by atoms with E-state index in [0.717, 1.165) is 30.6 Å². The van der Waals surface area contributed by atoms with Crippen LogP contribution in [0.4, 0.5) is 0 Å². The molecule has 0 radical (unpaired) electrons. The fraction of sp³-hybridized carbons (Fsp3) is 0.375. The van der Waals surface area contributed by atoms with Gasteiger partial charge in [0.1, 0.15) is 17.1 Å². The van der Waals surface area contributed by atoms with Crippen LogP contribution in [-0.2, 0) is 0 Å². The molecule has 1 aromatic heterocycles. The highest BCUT2D eigenvalue weighted by molar-refractivity contribution is 6.30. The molecule has 0 unspecified atom stereocenters. The van der Waals surface area contributed by atoms with Crippen LogP contribution in [0.25, 0.3) is 22.1 Å². The highest BCUT2D eigenvalue weighted by Crippen LogP contribution is 2.32. The minimum Gasteiger partial charge on any atom is -0.490 e. The molecule has 2 aromatic carbocycles. The molecule has 0 aliphatic heterocycles. The monoisotopic (exact) mass is 398 g/mol. The molecule has 0 saturated carbocycles. The number of fused-ring (bicyclic) bond motifs is 1. The highest BCUT2D eigenvalue weighted by Gasteiger charge is 2.19. The molecule has 0 spiro atoms. The number of hydrogen-bond donors (Lipinski definition) is 0. The zero-order valence-electron chi connectivity index (χ0n) is 16.9. The second-order valence-electron chi connectivity index (χ2n) is 7.43. The molecule has 0 saturated heterocycles. The third kappa shape index (κ3) is 4.25. The average molecular weight is 399 g/mol. The van der Waals surface area contributed by atoms with E-state index in [9.17, 15) is 4.79 Å². The maximum atomic E-state index is 13.3. The van der Waals surface area contributed by atoms with Crippen molar-refractivity contribution in [1.82, 2.24) is 0 Å². The van der Waals surface area contributed by atoms with E-state index in [2.05, 4.69) is 13.8 Å². The van der Waals surface area contributed by atoms with E-state index >= 15 is 0 Å². The summed E-state index contributed by atoms with van der Waals surface area (Å²) in [4.78, 5) is 13.3. The summed E-state index contributed by atoms with van der Waals surface area (Å²) in [6.45, 7) is 8.33. The molecule has 3 nitrogen and oxygen atoms in total. The third-order valence-corrected chi connectivity index (χ3v) is 5.17. The number of ether oxygens (including phenoxy) is 1. The van der Waals surface area contributed by atoms with Gasteiger partial charge in [0, 0.05) is 17.0 Å². The molecule has 3 rings (SSSR count). The van der Waals surface area contributed by atoms with E-state index < -0.39 is 0 Å². The van der Waals surface area contributed by atoms with Gasteiger partial charge in [-0.2, -0.15) is 0 Å². The Morgan fingerprint density at radius 2 is 1.79 bits per heavy atom. The lowest BCUT2D eigenvalue weighted by Gasteiger charge is -2.18. The first-order chi connectivity index (χ1) is 13.4. The predicted octanol–water partition coefficient (Wildman–Crippen LogP) is 7.19. The van der Waals surface area contributed by atoms with Crippen LogP contribution in [0, 0.1) is 0 Å². The summed E-state index contributed by atoms with van der Waals surface area (Å²) in [5, 5.41) is 1.20. The lowest BCUT2D eigenvalue weighted by atomic mass is 9.97. The Morgan fingerprint density at radius 1 is 1.07 bits per heavy atom. The summed E-state index contributed by atoms with van der Waals surface area (Å²) in [7, 11) is 0. The van der Waals surface area contributed by atoms with Crippen LogP contribution in [0.1, 0.15) is 58.6 Å². The van der Waals surface area contributed by atoms with Gasteiger partial charge in [0.25, 0.3) is 0 Å². The van der Waals surface area contributed by atoms with E-state index in [1.54, 1.807) is 18.2 Å². The molecule has 0 fully saturated rings. The van der Waals surface area contributed by atoms with Gasteiger partial charge >= 0.3 is 0 Å². The van der Waals surface area contributed by atoms with Crippen molar-refractivity contribution < 1.29 is 9.15 Å². The molecule has 0 bridgehead atoms. The van der Waals surface area contributed by atoms with Gasteiger partial charge in [-0.15, -0.1) is 0 Å². The Kier molecular flexibility index (Phi) is 6.46. The first-order valence-corrected chi connectivity index (χ1v) is 10.4. The molecular weight excluding hydrogens is 372 g/mol. The molecular formula is C24H27ClO3. The zero-order valence-corrected chi connectivity index (χ0v) is 17.7. The summed E-state index contributed by atoms with van der Waals surface area (Å²) in [6, 6.07) is 12.8. The Morgan fingerprint density at radius 3 is 2.39 bits per heavy atom. The molecule has 148 valence electrons. The summed E-state index contributed by atoms with van der Waals surface area (Å²) >= 11 is 6.01. The molecule has 28 heavy (non-hydrogen) atoms. The van der Waals surface area contributed by atoms with Crippen LogP contribution in [-0.4, -0.2) is 6.10 Å². The van der Waals surface area contributed by atoms with Gasteiger partial charge in [-0.05, 0) is 42.7 Å². The molecule has 0 N–H and O–H groups in total. The van der Waals surface area contributed by atoms with Crippen LogP contribution in [0.15, 0.2) is 51.7 Å². The SMILES string of the molecule is CCC[C@@H](CC)Oc1ccc2c(=O)c(-c3ccc(Cl)cc3)c(C(C)C)oc2c1. The fourth-order valence-electron chi connectivity index (χ4n) is 3.42. The van der Waals surface area contributed by atoms with Crippen LogP contribution in [0.3, 0.4) is 0 Å². The van der Waals surface area contributed by atoms with Crippen molar-refractivity contribution >= 4 is 22.6 Å². The molecule has 0 aliphatic carbocycles. The number of halogens is 1. The molecule has 1 atom stereocenters. The second-order valence-corrected chi connectivity index (χ2v) is 7.86. The number of rotatable bonds is 7. The first kappa shape index (κ1) is 20.5. The number of benzene rings is 2. The van der Waals surface area contributed by atoms with E-state index in [4.69, 9.17) is 20.8 Å². The largest absolute Gasteiger partial charge is 0.490 e. The fourth-order valence-corrected chi connectivity index (χ4v) is 3.55. The Labute approximate surface area is 171 Å². The number of hydrogen-bond acceptors (Lipinski definition) is 3. The van der Waals surface area contributed by atoms with Gasteiger partial charge in [-0.1, -0.05) is 57.8 Å². The Hall–Kier alpha value is -2.26. The normalized spacial score (nSPS) is 12.5. The van der Waals surface area contributed by atoms with Gasteiger partial charge in [-0.3, -0.25) is 4.79 Å². The van der Waals surface area contributed by atoms with Crippen molar-refractivity contribution in [2.75, 3.05) is 0 Å². The standard InChI is InChI=1S/C24H27ClO3/c1-5-7-18(6-2)27-19-12-13-20-21(14-19)28-24(15(3)4)22(23(20)26)16-8-10-17(25)11-9-16/h8-15,18H,5-7H2,1-4H3/t18-/m1/s1. The van der Waals surface area contributed by atoms with Crippen molar-refractivity contribution in [3.8, 4) is 16.9 Å². The lowest BCUT2D eigenvalue weighted by Crippen LogP contribution is -2.15. The van der Waals surface area contributed by atoms with Crippen molar-refractivity contribution in [1.29, 1.82) is 0 Å². The van der Waals surface area contributed by atoms with Gasteiger partial charge in [0.05, 0.1) is 17.1 Å². The van der Waals surface area contributed by atoms with Crippen LogP contribution in [0.2, 0.25) is 5.02 Å². The predicted molar refractivity (Wildman–Crippen MR) is 117 cm³/mol. The highest BCUT2D eigenvalue weighted by atomic mass is 35.5. The quantitative estimate of drug-likeness (QED) is 0.422. The minimum atomic E-state index is -0.0283. The van der Waals surface area contributed by atoms with E-state index in [1.807, 2.05) is 38.1 Å². The lowest BCUT2D eigenvalue weighted by molar-refractivity contribution is 0.186. The molecule has 1 heterocycles. The summed E-state index contributed by atoms with van der Waals surface area (Å²) < 4.78 is 12.3. The maximum absolute atomic E-state index is 13.3. The van der Waals surface area contributed by atoms with E-state index in [1.165, 1.54) is 0 Å². The van der Waals surface area contributed by atoms with Crippen molar-refractivity contribution in [2.24, 2.45) is 0 Å². The summed E-state index contributed by atoms with van der Waals surface area (Å²) in [6.07, 6.45) is 3.20. The minimum absolute atomic E-state index is 0.0283. The average Bonchev–Trinajstić information content (AvgIpc) is 2.68. The van der Waals surface area contributed by atoms with Crippen LogP contribution >= 0.6 is 11.6 Å². The topological polar surface area (TPSA) is 39.4 Å². The summed E-state index contributed by atoms with van der Waals surface area (Å²) in [5.41, 5.74) is 1.96. The van der Waals surface area contributed by atoms with Crippen LogP contribution < -0.4 is 10.2 Å². The van der Waals surface area contributed by atoms with Gasteiger partial charge < -0.3 is 9.15 Å². The van der Waals surface area contributed by atoms with Crippen LogP contribution in [0.5, 0.6) is 5.75 Å². The van der Waals surface area contributed by atoms with Crippen molar-refractivity contribution in [3.63, 3.8) is 0 Å². The molecule has 4 heteroatoms. The molecule has 0 amide bonds. The smallest absolute Gasteiger partial charge is 0.200 e. The van der Waals surface area contributed by atoms with Crippen molar-refractivity contribution in [3.05, 3.63) is 63.5 Å². The third-order valence-electron chi connectivity index (χ3n) is 4.92. The first-order valence-electron chi connectivity index (χ1n) is 9.97. The second kappa shape index (κ2) is 8.83. The Balaban J connectivity index is 2.13. The van der Waals surface area contributed by atoms with E-state index in [0.29, 0.717) is 27.3 Å². The van der Waals surface area contributed by atoms with Crippen molar-refractivity contribution in [2.45, 2.75) is 59.0 Å². The van der Waals surface area contributed by atoms with Gasteiger partial charge in [0.2, 0.25) is 5.43 Å². The van der Waals surface area contributed by atoms with E-state index in [-0.39, 0.29) is 17.5 Å². The maximum Gasteiger partial charge on any atom is 0.200 e. The van der Waals surface area contributed by atoms with Gasteiger partial charge in [0.15, 0.2) is 0 Å². The molecule has 3 aromatic rings. The molecule has 0 aliphatic rings.